The van der Waals surface area contributed by atoms with Gasteiger partial charge in [0, 0.05) is 0 Å². The van der Waals surface area contributed by atoms with Crippen molar-refractivity contribution in [1.82, 2.24) is 0 Å². The van der Waals surface area contributed by atoms with Crippen LogP contribution in [0.4, 0.5) is 0 Å². The number of rotatable bonds is 3. The Kier molecular flexibility index (Phi) is 1.88. The minimum Gasteiger partial charge on any atom is -0.466 e. The molecule has 2 N–H and O–H groups in total. The predicted octanol–water partition coefficient (Wildman–Crippen LogP) is 1.07. The van der Waals surface area contributed by atoms with Gasteiger partial charge in [-0.1, -0.05) is 0 Å². The van der Waals surface area contributed by atoms with Gasteiger partial charge >= 0.3 is 5.97 Å². The third-order valence-electron chi connectivity index (χ3n) is 3.70. The van der Waals surface area contributed by atoms with Gasteiger partial charge in [0.15, 0.2) is 0 Å². The smallest absolute Gasteiger partial charge is 0.312 e. The summed E-state index contributed by atoms with van der Waals surface area (Å²) >= 11 is 0. The fourth-order valence-electron chi connectivity index (χ4n) is 3.02. The Morgan fingerprint density at radius 1 is 1.46 bits per heavy atom. The lowest BCUT2D eigenvalue weighted by molar-refractivity contribution is -0.163. The van der Waals surface area contributed by atoms with E-state index in [9.17, 15) is 4.79 Å². The maximum absolute atomic E-state index is 11.6. The van der Waals surface area contributed by atoms with Gasteiger partial charge in [0.25, 0.3) is 0 Å². The van der Waals surface area contributed by atoms with E-state index in [-0.39, 0.29) is 11.4 Å². The van der Waals surface area contributed by atoms with Crippen molar-refractivity contribution in [1.29, 1.82) is 0 Å². The second kappa shape index (κ2) is 2.71. The summed E-state index contributed by atoms with van der Waals surface area (Å²) in [5.41, 5.74) is 5.86. The van der Waals surface area contributed by atoms with Crippen LogP contribution in [0.1, 0.15) is 32.6 Å². The summed E-state index contributed by atoms with van der Waals surface area (Å²) in [6.07, 6.45) is 4.04. The summed E-state index contributed by atoms with van der Waals surface area (Å²) < 4.78 is 5.08. The van der Waals surface area contributed by atoms with E-state index in [4.69, 9.17) is 10.5 Å². The topological polar surface area (TPSA) is 52.3 Å². The highest BCUT2D eigenvalue weighted by atomic mass is 16.5. The van der Waals surface area contributed by atoms with Crippen molar-refractivity contribution < 1.29 is 9.53 Å². The molecular weight excluding hydrogens is 166 g/mol. The fraction of sp³-hybridized carbons (Fsp3) is 0.900. The summed E-state index contributed by atoms with van der Waals surface area (Å²) in [7, 11) is 0. The first-order valence-electron chi connectivity index (χ1n) is 5.04. The number of carbonyl (C=O) groups excluding carboxylic acids is 1. The lowest BCUT2D eigenvalue weighted by Gasteiger charge is -2.44. The van der Waals surface area contributed by atoms with Crippen LogP contribution < -0.4 is 5.73 Å². The number of fused-ring (bicyclic) bond motifs is 1. The molecular formula is C10H17NO2. The molecule has 3 aliphatic rings. The Hall–Kier alpha value is -0.570. The number of hydrogen-bond donors (Lipinski definition) is 1. The SMILES string of the molecule is CCOC(=O)C12CCC(CN)(C1)C2. The average molecular weight is 183 g/mol. The Labute approximate surface area is 78.6 Å². The summed E-state index contributed by atoms with van der Waals surface area (Å²) in [6.45, 7) is 3.09. The van der Waals surface area contributed by atoms with Crippen LogP contribution >= 0.6 is 0 Å². The lowest BCUT2D eigenvalue weighted by atomic mass is 9.60. The molecule has 3 fully saturated rings. The average Bonchev–Trinajstić information content (AvgIpc) is 2.59. The van der Waals surface area contributed by atoms with Gasteiger partial charge < -0.3 is 10.5 Å². The van der Waals surface area contributed by atoms with Crippen molar-refractivity contribution in [3.05, 3.63) is 0 Å². The van der Waals surface area contributed by atoms with Gasteiger partial charge in [-0.25, -0.2) is 0 Å². The van der Waals surface area contributed by atoms with Crippen molar-refractivity contribution in [3.8, 4) is 0 Å². The lowest BCUT2D eigenvalue weighted by Crippen LogP contribution is -2.47. The van der Waals surface area contributed by atoms with Gasteiger partial charge in [-0.05, 0) is 44.6 Å². The molecule has 0 radical (unpaired) electrons. The standard InChI is InChI=1S/C10H17NO2/c1-2-13-8(12)10-4-3-9(5-10,6-10)7-11/h2-7,11H2,1H3. The highest BCUT2D eigenvalue weighted by Gasteiger charge is 2.64. The van der Waals surface area contributed by atoms with Crippen LogP contribution in [-0.4, -0.2) is 19.1 Å². The summed E-state index contributed by atoms with van der Waals surface area (Å²) in [6, 6.07) is 0. The molecule has 0 aromatic rings. The summed E-state index contributed by atoms with van der Waals surface area (Å²) in [5, 5.41) is 0. The Balaban J connectivity index is 2.01. The fourth-order valence-corrected chi connectivity index (χ4v) is 3.02. The zero-order chi connectivity index (χ0) is 9.53. The molecule has 0 atom stereocenters. The molecule has 0 aromatic heterocycles. The van der Waals surface area contributed by atoms with Gasteiger partial charge in [0.1, 0.15) is 0 Å². The van der Waals surface area contributed by atoms with E-state index in [2.05, 4.69) is 0 Å². The molecule has 0 aromatic carbocycles. The Morgan fingerprint density at radius 3 is 2.62 bits per heavy atom. The number of carbonyl (C=O) groups is 1. The molecule has 13 heavy (non-hydrogen) atoms. The van der Waals surface area contributed by atoms with Crippen LogP contribution in [0.15, 0.2) is 0 Å². The number of esters is 1. The summed E-state index contributed by atoms with van der Waals surface area (Å²) in [5.74, 6) is 0.0107. The summed E-state index contributed by atoms with van der Waals surface area (Å²) in [4.78, 5) is 11.6. The first-order chi connectivity index (χ1) is 6.16. The van der Waals surface area contributed by atoms with Gasteiger partial charge in [-0.3, -0.25) is 4.79 Å². The molecule has 3 nitrogen and oxygen atoms in total. The van der Waals surface area contributed by atoms with Gasteiger partial charge in [0.05, 0.1) is 12.0 Å². The molecule has 0 amide bonds. The van der Waals surface area contributed by atoms with Gasteiger partial charge in [0.2, 0.25) is 0 Å². The molecule has 3 aliphatic carbocycles. The molecule has 0 unspecified atom stereocenters. The van der Waals surface area contributed by atoms with Crippen molar-refractivity contribution in [2.75, 3.05) is 13.2 Å². The van der Waals surface area contributed by atoms with Crippen molar-refractivity contribution >= 4 is 5.97 Å². The van der Waals surface area contributed by atoms with E-state index in [1.54, 1.807) is 0 Å². The van der Waals surface area contributed by atoms with Crippen LogP contribution in [0.5, 0.6) is 0 Å². The molecule has 0 aliphatic heterocycles. The van der Waals surface area contributed by atoms with E-state index in [1.807, 2.05) is 6.92 Å². The quantitative estimate of drug-likeness (QED) is 0.666. The van der Waals surface area contributed by atoms with Crippen LogP contribution in [0, 0.1) is 10.8 Å². The minimum absolute atomic E-state index is 0.0107. The molecule has 2 bridgehead atoms. The second-order valence-electron chi connectivity index (χ2n) is 4.56. The van der Waals surface area contributed by atoms with E-state index < -0.39 is 0 Å². The zero-order valence-corrected chi connectivity index (χ0v) is 8.14. The van der Waals surface area contributed by atoms with Crippen LogP contribution in [-0.2, 0) is 9.53 Å². The molecule has 0 heterocycles. The number of nitrogens with two attached hydrogens (primary N) is 1. The number of ether oxygens (including phenoxy) is 1. The van der Waals surface area contributed by atoms with Crippen LogP contribution in [0.25, 0.3) is 0 Å². The molecule has 3 saturated carbocycles. The maximum Gasteiger partial charge on any atom is 0.312 e. The molecule has 74 valence electrons. The maximum atomic E-state index is 11.6. The third kappa shape index (κ3) is 1.10. The van der Waals surface area contributed by atoms with E-state index in [1.165, 1.54) is 0 Å². The highest BCUT2D eigenvalue weighted by molar-refractivity contribution is 5.79. The monoisotopic (exact) mass is 183 g/mol. The Morgan fingerprint density at radius 2 is 2.15 bits per heavy atom. The largest absolute Gasteiger partial charge is 0.466 e. The molecule has 0 saturated heterocycles. The van der Waals surface area contributed by atoms with Crippen LogP contribution in [0.2, 0.25) is 0 Å². The second-order valence-corrected chi connectivity index (χ2v) is 4.56. The van der Waals surface area contributed by atoms with Crippen molar-refractivity contribution in [3.63, 3.8) is 0 Å². The van der Waals surface area contributed by atoms with Crippen LogP contribution in [0.3, 0.4) is 0 Å². The molecule has 3 heteroatoms. The van der Waals surface area contributed by atoms with E-state index in [0.717, 1.165) is 32.2 Å². The molecule has 3 rings (SSSR count). The highest BCUT2D eigenvalue weighted by Crippen LogP contribution is 2.66. The van der Waals surface area contributed by atoms with Crippen molar-refractivity contribution in [2.45, 2.75) is 32.6 Å². The first kappa shape index (κ1) is 9.00. The predicted molar refractivity (Wildman–Crippen MR) is 49.0 cm³/mol. The van der Waals surface area contributed by atoms with E-state index >= 15 is 0 Å². The van der Waals surface area contributed by atoms with Crippen molar-refractivity contribution in [2.24, 2.45) is 16.6 Å². The normalized spacial score (nSPS) is 41.4. The van der Waals surface area contributed by atoms with Gasteiger partial charge in [-0.15, -0.1) is 0 Å². The minimum atomic E-state index is -0.130. The first-order valence-corrected chi connectivity index (χ1v) is 5.04. The zero-order valence-electron chi connectivity index (χ0n) is 8.14. The molecule has 0 spiro atoms. The Bertz CT molecular complexity index is 231. The van der Waals surface area contributed by atoms with E-state index in [0.29, 0.717) is 12.0 Å². The number of hydrogen-bond acceptors (Lipinski definition) is 3. The van der Waals surface area contributed by atoms with Gasteiger partial charge in [-0.2, -0.15) is 0 Å². The third-order valence-corrected chi connectivity index (χ3v) is 3.70.